The van der Waals surface area contributed by atoms with E-state index < -0.39 is 17.7 Å². The predicted molar refractivity (Wildman–Crippen MR) is 129 cm³/mol. The third-order valence-corrected chi connectivity index (χ3v) is 6.94. The number of carbonyl (C=O) groups is 2. The molecule has 1 atom stereocenters. The first kappa shape index (κ1) is 23.3. The molecule has 0 radical (unpaired) electrons. The van der Waals surface area contributed by atoms with Crippen molar-refractivity contribution in [3.63, 3.8) is 0 Å². The lowest BCUT2D eigenvalue weighted by Gasteiger charge is -2.42. The fraction of sp³-hybridized carbons (Fsp3) is 0.462. The zero-order valence-electron chi connectivity index (χ0n) is 19.6. The predicted octanol–water partition coefficient (Wildman–Crippen LogP) is 2.47. The molecule has 0 spiro atoms. The highest BCUT2D eigenvalue weighted by molar-refractivity contribution is 6.11. The van der Waals surface area contributed by atoms with Crippen LogP contribution in [-0.4, -0.2) is 43.2 Å². The summed E-state index contributed by atoms with van der Waals surface area (Å²) in [5, 5.41) is 17.6. The average molecular weight is 452 g/mol. The van der Waals surface area contributed by atoms with Crippen LogP contribution in [0, 0.1) is 13.8 Å². The number of carbonyl (C=O) groups excluding carboxylic acids is 2. The van der Waals surface area contributed by atoms with Gasteiger partial charge in [0.25, 0.3) is 11.6 Å². The number of nitrogens with one attached hydrogen (secondary N) is 3. The molecule has 7 nitrogen and oxygen atoms in total. The molecule has 176 valence electrons. The molecule has 2 aromatic carbocycles. The fourth-order valence-corrected chi connectivity index (χ4v) is 4.87. The van der Waals surface area contributed by atoms with Crippen molar-refractivity contribution in [3.05, 3.63) is 59.2 Å². The van der Waals surface area contributed by atoms with Gasteiger partial charge in [-0.1, -0.05) is 24.3 Å². The molecule has 0 aliphatic carbocycles. The number of anilines is 2. The molecule has 1 fully saturated rings. The molecule has 3 amide bonds. The van der Waals surface area contributed by atoms with Crippen molar-refractivity contribution in [1.82, 2.24) is 5.32 Å². The Bertz CT molecular complexity index is 1020. The molecule has 2 aliphatic rings. The maximum absolute atomic E-state index is 13.5. The number of hydrogen-bond donors (Lipinski definition) is 4. The van der Waals surface area contributed by atoms with Crippen LogP contribution < -0.4 is 20.4 Å². The maximum atomic E-state index is 13.5. The lowest BCUT2D eigenvalue weighted by atomic mass is 9.94. The number of para-hydroxylation sites is 1. The van der Waals surface area contributed by atoms with Crippen molar-refractivity contribution < 1.29 is 19.6 Å². The summed E-state index contributed by atoms with van der Waals surface area (Å²) in [6, 6.07) is 11.9. The molecule has 7 heteroatoms. The van der Waals surface area contributed by atoms with Crippen LogP contribution in [-0.2, 0) is 10.5 Å². The van der Waals surface area contributed by atoms with Crippen LogP contribution >= 0.6 is 0 Å². The van der Waals surface area contributed by atoms with Crippen molar-refractivity contribution in [2.45, 2.75) is 51.7 Å². The molecule has 1 unspecified atom stereocenters. The molecule has 33 heavy (non-hydrogen) atoms. The van der Waals surface area contributed by atoms with E-state index in [4.69, 9.17) is 0 Å². The van der Waals surface area contributed by atoms with Crippen molar-refractivity contribution >= 4 is 23.3 Å². The monoisotopic (exact) mass is 451 g/mol. The summed E-state index contributed by atoms with van der Waals surface area (Å²) < 4.78 is 0. The minimum Gasteiger partial charge on any atom is -0.359 e. The second-order valence-corrected chi connectivity index (χ2v) is 9.28. The smallest absolute Gasteiger partial charge is 0.329 e. The Morgan fingerprint density at radius 2 is 1.82 bits per heavy atom. The van der Waals surface area contributed by atoms with Gasteiger partial charge in [-0.3, -0.25) is 9.69 Å². The average Bonchev–Trinajstić information content (AvgIpc) is 3.08. The number of urea groups is 1. The van der Waals surface area contributed by atoms with Crippen molar-refractivity contribution in [1.29, 1.82) is 0 Å². The standard InChI is InChI=1S/C26H34N4O3/c1-19-12-13-21(18-20(19)2)30-25(32)28-23-11-6-5-10-22(23)26(30,33)24(31)27-14-9-17-29-15-7-3-4-8-16-29/h5-6,10-13,18,33H,3-4,7-9,14-17H2,1-2H3,(H,27,31)(H,28,32)/p+1. The third-order valence-electron chi connectivity index (χ3n) is 6.94. The van der Waals surface area contributed by atoms with Gasteiger partial charge >= 0.3 is 6.03 Å². The number of rotatable bonds is 6. The van der Waals surface area contributed by atoms with Crippen LogP contribution in [0.1, 0.15) is 48.8 Å². The molecule has 1 saturated heterocycles. The van der Waals surface area contributed by atoms with Gasteiger partial charge in [0.2, 0.25) is 0 Å². The van der Waals surface area contributed by atoms with E-state index in [-0.39, 0.29) is 0 Å². The summed E-state index contributed by atoms with van der Waals surface area (Å²) in [7, 11) is 0. The van der Waals surface area contributed by atoms with Gasteiger partial charge in [0.05, 0.1) is 25.3 Å². The summed E-state index contributed by atoms with van der Waals surface area (Å²) in [5.74, 6) is -0.589. The molecule has 0 aromatic heterocycles. The number of likely N-dealkylation sites (tertiary alicyclic amines) is 1. The van der Waals surface area contributed by atoms with Crippen LogP contribution in [0.5, 0.6) is 0 Å². The van der Waals surface area contributed by atoms with E-state index in [1.54, 1.807) is 35.2 Å². The topological polar surface area (TPSA) is 86.1 Å². The van der Waals surface area contributed by atoms with Gasteiger partial charge in [0, 0.05) is 24.2 Å². The number of aryl methyl sites for hydroxylation is 2. The van der Waals surface area contributed by atoms with E-state index in [1.165, 1.54) is 38.8 Å². The molecule has 2 aromatic rings. The Morgan fingerprint density at radius 1 is 1.09 bits per heavy atom. The van der Waals surface area contributed by atoms with Crippen LogP contribution in [0.15, 0.2) is 42.5 Å². The summed E-state index contributed by atoms with van der Waals surface area (Å²) in [6.07, 6.45) is 5.97. The van der Waals surface area contributed by atoms with Crippen LogP contribution in [0.3, 0.4) is 0 Å². The zero-order chi connectivity index (χ0) is 23.4. The highest BCUT2D eigenvalue weighted by atomic mass is 16.3. The van der Waals surface area contributed by atoms with Gasteiger partial charge in [-0.2, -0.15) is 0 Å². The number of amides is 3. The molecular formula is C26H35N4O3+. The molecular weight excluding hydrogens is 416 g/mol. The number of benzene rings is 2. The van der Waals surface area contributed by atoms with Crippen LogP contribution in [0.2, 0.25) is 0 Å². The normalized spacial score (nSPS) is 21.2. The minimum absolute atomic E-state index is 0.360. The first-order valence-corrected chi connectivity index (χ1v) is 12.0. The van der Waals surface area contributed by atoms with E-state index in [9.17, 15) is 14.7 Å². The lowest BCUT2D eigenvalue weighted by molar-refractivity contribution is -0.899. The number of aliphatic hydroxyl groups is 1. The number of fused-ring (bicyclic) bond motifs is 1. The van der Waals surface area contributed by atoms with Gasteiger partial charge in [0.15, 0.2) is 0 Å². The molecule has 2 aliphatic heterocycles. The first-order chi connectivity index (χ1) is 15.9. The lowest BCUT2D eigenvalue weighted by Crippen LogP contribution is -3.11. The Balaban J connectivity index is 1.56. The van der Waals surface area contributed by atoms with Crippen LogP contribution in [0.4, 0.5) is 16.2 Å². The molecule has 0 bridgehead atoms. The number of nitrogens with zero attached hydrogens (tertiary/aromatic N) is 1. The molecule has 4 rings (SSSR count). The van der Waals surface area contributed by atoms with E-state index >= 15 is 0 Å². The summed E-state index contributed by atoms with van der Waals surface area (Å²) in [6.45, 7) is 7.75. The zero-order valence-corrected chi connectivity index (χ0v) is 19.6. The second kappa shape index (κ2) is 9.93. The van der Waals surface area contributed by atoms with Gasteiger partial charge in [-0.15, -0.1) is 0 Å². The van der Waals surface area contributed by atoms with E-state index in [0.717, 1.165) is 29.0 Å². The molecule has 4 N–H and O–H groups in total. The van der Waals surface area contributed by atoms with E-state index in [2.05, 4.69) is 10.6 Å². The Morgan fingerprint density at radius 3 is 2.55 bits per heavy atom. The number of hydrogen-bond acceptors (Lipinski definition) is 3. The van der Waals surface area contributed by atoms with Crippen molar-refractivity contribution in [3.8, 4) is 0 Å². The largest absolute Gasteiger partial charge is 0.359 e. The number of quaternary nitrogens is 1. The summed E-state index contributed by atoms with van der Waals surface area (Å²) in [5.41, 5.74) is 1.17. The maximum Gasteiger partial charge on any atom is 0.329 e. The third kappa shape index (κ3) is 4.75. The van der Waals surface area contributed by atoms with Crippen molar-refractivity contribution in [2.75, 3.05) is 36.4 Å². The van der Waals surface area contributed by atoms with Crippen LogP contribution in [0.25, 0.3) is 0 Å². The first-order valence-electron chi connectivity index (χ1n) is 12.0. The van der Waals surface area contributed by atoms with E-state index in [1.807, 2.05) is 26.0 Å². The summed E-state index contributed by atoms with van der Waals surface area (Å²) in [4.78, 5) is 29.3. The highest BCUT2D eigenvalue weighted by Gasteiger charge is 2.51. The van der Waals surface area contributed by atoms with Crippen molar-refractivity contribution in [2.24, 2.45) is 0 Å². The quantitative estimate of drug-likeness (QED) is 0.509. The highest BCUT2D eigenvalue weighted by Crippen LogP contribution is 2.40. The Hall–Kier alpha value is -2.90. The van der Waals surface area contributed by atoms with E-state index in [0.29, 0.717) is 23.5 Å². The Labute approximate surface area is 195 Å². The van der Waals surface area contributed by atoms with Gasteiger partial charge in [-0.05, 0) is 68.9 Å². The molecule has 2 heterocycles. The fourth-order valence-electron chi connectivity index (χ4n) is 4.87. The Kier molecular flexibility index (Phi) is 7.00. The van der Waals surface area contributed by atoms with Gasteiger partial charge in [0.1, 0.15) is 0 Å². The van der Waals surface area contributed by atoms with Gasteiger partial charge < -0.3 is 20.6 Å². The molecule has 0 saturated carbocycles. The summed E-state index contributed by atoms with van der Waals surface area (Å²) >= 11 is 0. The SMILES string of the molecule is Cc1ccc(N2C(=O)Nc3ccccc3C2(O)C(=O)NCCC[NH+]2CCCCCC2)cc1C. The van der Waals surface area contributed by atoms with Gasteiger partial charge in [-0.25, -0.2) is 4.79 Å². The second-order valence-electron chi connectivity index (χ2n) is 9.28. The minimum atomic E-state index is -2.14.